The largest absolute Gasteiger partial charge is 0.489 e. The van der Waals surface area contributed by atoms with Crippen molar-refractivity contribution in [3.8, 4) is 5.75 Å². The molecular weight excluding hydrogens is 481 g/mol. The lowest BCUT2D eigenvalue weighted by Gasteiger charge is -2.29. The maximum Gasteiger partial charge on any atom is 0.255 e. The van der Waals surface area contributed by atoms with Gasteiger partial charge in [-0.05, 0) is 61.4 Å². The molecule has 1 atom stereocenters. The Balaban J connectivity index is 1.42. The number of nitrogens with one attached hydrogen (secondary N) is 2. The summed E-state index contributed by atoms with van der Waals surface area (Å²) < 4.78 is 21.5. The third-order valence-electron chi connectivity index (χ3n) is 5.96. The molecule has 36 heavy (non-hydrogen) atoms. The summed E-state index contributed by atoms with van der Waals surface area (Å²) in [4.78, 5) is 17.7. The van der Waals surface area contributed by atoms with E-state index in [4.69, 9.17) is 16.3 Å². The van der Waals surface area contributed by atoms with Gasteiger partial charge in [0.1, 0.15) is 30.5 Å². The maximum atomic E-state index is 14.1. The first-order chi connectivity index (χ1) is 17.4. The Morgan fingerprint density at radius 3 is 2.67 bits per heavy atom. The Hall–Kier alpha value is -4.17. The number of halogens is 2. The number of fused-ring (bicyclic) bond motifs is 1. The van der Waals surface area contributed by atoms with E-state index in [0.717, 1.165) is 11.1 Å². The Kier molecular flexibility index (Phi) is 6.43. The molecule has 7 nitrogen and oxygen atoms in total. The summed E-state index contributed by atoms with van der Waals surface area (Å²) >= 11 is 6.10. The minimum atomic E-state index is -0.511. The van der Waals surface area contributed by atoms with E-state index < -0.39 is 11.9 Å². The fourth-order valence-corrected chi connectivity index (χ4v) is 4.40. The van der Waals surface area contributed by atoms with Gasteiger partial charge in [-0.3, -0.25) is 4.79 Å². The number of rotatable bonds is 6. The monoisotopic (exact) mass is 503 g/mol. The molecule has 0 fully saturated rings. The van der Waals surface area contributed by atoms with Crippen molar-refractivity contribution >= 4 is 29.1 Å². The molecule has 182 valence electrons. The molecule has 2 N–H and O–H groups in total. The number of nitrogens with zero attached hydrogens (tertiary/aromatic N) is 3. The first kappa shape index (κ1) is 23.6. The van der Waals surface area contributed by atoms with Crippen LogP contribution < -0.4 is 15.4 Å². The van der Waals surface area contributed by atoms with Crippen molar-refractivity contribution in [2.24, 2.45) is 0 Å². The van der Waals surface area contributed by atoms with Gasteiger partial charge in [0.05, 0.1) is 10.6 Å². The van der Waals surface area contributed by atoms with Gasteiger partial charge in [0.2, 0.25) is 5.95 Å². The highest BCUT2D eigenvalue weighted by molar-refractivity contribution is 6.31. The molecule has 0 saturated carbocycles. The summed E-state index contributed by atoms with van der Waals surface area (Å²) in [5.41, 5.74) is 4.05. The summed E-state index contributed by atoms with van der Waals surface area (Å²) in [5, 5.41) is 10.8. The predicted molar refractivity (Wildman–Crippen MR) is 136 cm³/mol. The smallest absolute Gasteiger partial charge is 0.255 e. The Morgan fingerprint density at radius 1 is 1.14 bits per heavy atom. The van der Waals surface area contributed by atoms with Gasteiger partial charge in [0.25, 0.3) is 5.91 Å². The average Bonchev–Trinajstić information content (AvgIpc) is 3.31. The second-order valence-electron chi connectivity index (χ2n) is 8.48. The number of carbonyl (C=O) groups excluding carboxylic acids is 1. The lowest BCUT2D eigenvalue weighted by molar-refractivity contribution is -0.113. The van der Waals surface area contributed by atoms with E-state index in [-0.39, 0.29) is 12.5 Å². The van der Waals surface area contributed by atoms with Crippen molar-refractivity contribution in [3.05, 3.63) is 112 Å². The van der Waals surface area contributed by atoms with E-state index in [1.807, 2.05) is 50.2 Å². The SMILES string of the molecule is CC1=C(C(=O)Nc2cccc(C)c2)C(c2ccc(OCc3c(F)cccc3Cl)cc2)n2ncnc2N1. The second-order valence-corrected chi connectivity index (χ2v) is 8.88. The number of amides is 1. The molecule has 3 aromatic carbocycles. The van der Waals surface area contributed by atoms with Crippen LogP contribution in [0.4, 0.5) is 16.0 Å². The first-order valence-electron chi connectivity index (χ1n) is 11.3. The molecule has 1 amide bonds. The van der Waals surface area contributed by atoms with Crippen molar-refractivity contribution in [1.29, 1.82) is 0 Å². The van der Waals surface area contributed by atoms with E-state index in [9.17, 15) is 9.18 Å². The van der Waals surface area contributed by atoms with E-state index in [1.165, 1.54) is 12.4 Å². The van der Waals surface area contributed by atoms with Gasteiger partial charge in [0.15, 0.2) is 0 Å². The van der Waals surface area contributed by atoms with Crippen LogP contribution in [-0.4, -0.2) is 20.7 Å². The highest BCUT2D eigenvalue weighted by Crippen LogP contribution is 2.36. The van der Waals surface area contributed by atoms with Gasteiger partial charge in [-0.25, -0.2) is 9.07 Å². The van der Waals surface area contributed by atoms with Crippen LogP contribution >= 0.6 is 11.6 Å². The molecule has 0 aliphatic carbocycles. The molecule has 0 spiro atoms. The number of aryl methyl sites for hydroxylation is 1. The van der Waals surface area contributed by atoms with E-state index in [1.54, 1.807) is 28.9 Å². The molecule has 5 rings (SSSR count). The summed E-state index contributed by atoms with van der Waals surface area (Å²) in [6.07, 6.45) is 1.44. The molecule has 1 aromatic heterocycles. The lowest BCUT2D eigenvalue weighted by Crippen LogP contribution is -2.31. The summed E-state index contributed by atoms with van der Waals surface area (Å²) in [7, 11) is 0. The Bertz CT molecular complexity index is 1450. The van der Waals surface area contributed by atoms with E-state index in [2.05, 4.69) is 20.7 Å². The number of anilines is 2. The van der Waals surface area contributed by atoms with E-state index in [0.29, 0.717) is 39.2 Å². The van der Waals surface area contributed by atoms with Crippen LogP contribution in [0, 0.1) is 12.7 Å². The fraction of sp³-hybridized carbons (Fsp3) is 0.148. The standard InChI is InChI=1S/C27H23ClFN5O2/c1-16-5-3-6-19(13-16)33-26(35)24-17(2)32-27-30-15-31-34(27)25(24)18-9-11-20(12-10-18)36-14-21-22(28)7-4-8-23(21)29/h3-13,15,25H,14H2,1-2H3,(H,33,35)(H,30,31,32). The molecule has 0 saturated heterocycles. The lowest BCUT2D eigenvalue weighted by atomic mass is 9.95. The highest BCUT2D eigenvalue weighted by Gasteiger charge is 2.33. The summed E-state index contributed by atoms with van der Waals surface area (Å²) in [6, 6.07) is 18.9. The number of allylic oxidation sites excluding steroid dienone is 1. The van der Waals surface area contributed by atoms with Gasteiger partial charge in [-0.1, -0.05) is 41.9 Å². The molecule has 2 heterocycles. The molecule has 0 bridgehead atoms. The van der Waals surface area contributed by atoms with Crippen LogP contribution in [0.25, 0.3) is 0 Å². The molecule has 4 aromatic rings. The van der Waals surface area contributed by atoms with Crippen molar-refractivity contribution in [2.75, 3.05) is 10.6 Å². The van der Waals surface area contributed by atoms with Crippen LogP contribution in [0.15, 0.2) is 84.3 Å². The zero-order valence-electron chi connectivity index (χ0n) is 19.6. The number of carbonyl (C=O) groups is 1. The fourth-order valence-electron chi connectivity index (χ4n) is 4.19. The second kappa shape index (κ2) is 9.83. The minimum Gasteiger partial charge on any atom is -0.489 e. The third-order valence-corrected chi connectivity index (χ3v) is 6.31. The van der Waals surface area contributed by atoms with Gasteiger partial charge >= 0.3 is 0 Å². The van der Waals surface area contributed by atoms with Gasteiger partial charge in [0, 0.05) is 16.9 Å². The average molecular weight is 504 g/mol. The number of hydrogen-bond acceptors (Lipinski definition) is 5. The van der Waals surface area contributed by atoms with Gasteiger partial charge in [-0.2, -0.15) is 10.1 Å². The molecule has 0 radical (unpaired) electrons. The molecule has 1 unspecified atom stereocenters. The van der Waals surface area contributed by atoms with Crippen molar-refractivity contribution < 1.29 is 13.9 Å². The van der Waals surface area contributed by atoms with Gasteiger partial charge in [-0.15, -0.1) is 0 Å². The normalized spacial score (nSPS) is 14.7. The van der Waals surface area contributed by atoms with Crippen molar-refractivity contribution in [2.45, 2.75) is 26.5 Å². The molecular formula is C27H23ClFN5O2. The molecule has 9 heteroatoms. The molecule has 1 aliphatic heterocycles. The highest BCUT2D eigenvalue weighted by atomic mass is 35.5. The van der Waals surface area contributed by atoms with Crippen LogP contribution in [-0.2, 0) is 11.4 Å². The Morgan fingerprint density at radius 2 is 1.92 bits per heavy atom. The first-order valence-corrected chi connectivity index (χ1v) is 11.7. The maximum absolute atomic E-state index is 14.1. The van der Waals surface area contributed by atoms with Gasteiger partial charge < -0.3 is 15.4 Å². The number of ether oxygens (including phenoxy) is 1. The van der Waals surface area contributed by atoms with Crippen LogP contribution in [0.2, 0.25) is 5.02 Å². The van der Waals surface area contributed by atoms with Crippen LogP contribution in [0.5, 0.6) is 5.75 Å². The molecule has 1 aliphatic rings. The third kappa shape index (κ3) is 4.67. The number of aromatic nitrogens is 3. The topological polar surface area (TPSA) is 81.1 Å². The zero-order valence-corrected chi connectivity index (χ0v) is 20.4. The number of hydrogen-bond donors (Lipinski definition) is 2. The Labute approximate surface area is 212 Å². The quantitative estimate of drug-likeness (QED) is 0.343. The van der Waals surface area contributed by atoms with Crippen molar-refractivity contribution in [3.63, 3.8) is 0 Å². The predicted octanol–water partition coefficient (Wildman–Crippen LogP) is 5.89. The minimum absolute atomic E-state index is 0.00537. The number of benzene rings is 3. The van der Waals surface area contributed by atoms with Crippen molar-refractivity contribution in [1.82, 2.24) is 14.8 Å². The van der Waals surface area contributed by atoms with Crippen LogP contribution in [0.1, 0.15) is 29.7 Å². The summed E-state index contributed by atoms with van der Waals surface area (Å²) in [6.45, 7) is 3.80. The van der Waals surface area contributed by atoms with Crippen LogP contribution in [0.3, 0.4) is 0 Å². The summed E-state index contributed by atoms with van der Waals surface area (Å²) in [5.74, 6) is 0.417. The van der Waals surface area contributed by atoms with E-state index >= 15 is 0 Å². The zero-order chi connectivity index (χ0) is 25.2.